The number of nitrogens with one attached hydrogen (secondary N) is 1. The third kappa shape index (κ3) is 6.33. The number of aliphatic hydroxyl groups excluding tert-OH is 1. The van der Waals surface area contributed by atoms with E-state index in [-0.39, 0.29) is 17.0 Å². The number of hydrogen-bond donors (Lipinski definition) is 2. The van der Waals surface area contributed by atoms with Crippen LogP contribution in [0.25, 0.3) is 0 Å². The molecular formula is C19H35NO6Si. The molecule has 0 radical (unpaired) electrons. The fraction of sp³-hybridized carbons (Fsp3) is 0.789. The highest BCUT2D eigenvalue weighted by Gasteiger charge is 2.46. The molecular weight excluding hydrogens is 366 g/mol. The Kier molecular flexibility index (Phi) is 7.29. The maximum Gasteiger partial charge on any atom is 0.407 e. The molecule has 1 aliphatic carbocycles. The first-order chi connectivity index (χ1) is 12.1. The minimum absolute atomic E-state index is 0.112. The van der Waals surface area contributed by atoms with Crippen molar-refractivity contribution >= 4 is 20.4 Å². The van der Waals surface area contributed by atoms with E-state index in [0.29, 0.717) is 0 Å². The molecule has 156 valence electrons. The number of carbonyl (C=O) groups is 2. The Morgan fingerprint density at radius 1 is 1.19 bits per heavy atom. The smallest absolute Gasteiger partial charge is 0.407 e. The predicted octanol–water partition coefficient (Wildman–Crippen LogP) is 3.13. The van der Waals surface area contributed by atoms with E-state index in [4.69, 9.17) is 13.9 Å². The first-order valence-electron chi connectivity index (χ1n) is 9.23. The molecule has 0 aliphatic heterocycles. The summed E-state index contributed by atoms with van der Waals surface area (Å²) in [6, 6.07) is -0.622. The molecule has 7 nitrogen and oxygen atoms in total. The molecule has 27 heavy (non-hydrogen) atoms. The topological polar surface area (TPSA) is 94.1 Å². The summed E-state index contributed by atoms with van der Waals surface area (Å²) in [5.41, 5.74) is -0.356. The lowest BCUT2D eigenvalue weighted by Gasteiger charge is -2.43. The third-order valence-electron chi connectivity index (χ3n) is 4.97. The Morgan fingerprint density at radius 3 is 2.19 bits per heavy atom. The number of amides is 1. The Labute approximate surface area is 163 Å². The van der Waals surface area contributed by atoms with Crippen molar-refractivity contribution in [3.63, 3.8) is 0 Å². The normalized spacial score (nSPS) is 24.1. The van der Waals surface area contributed by atoms with Gasteiger partial charge in [-0.2, -0.15) is 0 Å². The summed E-state index contributed by atoms with van der Waals surface area (Å²) in [6.07, 6.45) is -0.633. The third-order valence-corrected chi connectivity index (χ3v) is 9.43. The lowest BCUT2D eigenvalue weighted by molar-refractivity contribution is -0.138. The van der Waals surface area contributed by atoms with Gasteiger partial charge in [0.15, 0.2) is 8.32 Å². The van der Waals surface area contributed by atoms with Gasteiger partial charge >= 0.3 is 12.1 Å². The number of alkyl carbamates (subject to hydrolysis) is 1. The highest BCUT2D eigenvalue weighted by Crippen LogP contribution is 2.39. The molecule has 0 saturated carbocycles. The van der Waals surface area contributed by atoms with Crippen molar-refractivity contribution in [3.8, 4) is 0 Å². The van der Waals surface area contributed by atoms with Crippen molar-refractivity contribution in [1.82, 2.24) is 5.32 Å². The van der Waals surface area contributed by atoms with E-state index in [0.717, 1.165) is 0 Å². The number of carbonyl (C=O) groups excluding carboxylic acids is 2. The van der Waals surface area contributed by atoms with Crippen molar-refractivity contribution in [2.45, 2.75) is 89.9 Å². The summed E-state index contributed by atoms with van der Waals surface area (Å²) in [5.74, 6) is -0.534. The van der Waals surface area contributed by atoms with E-state index in [1.807, 2.05) is 13.1 Å². The maximum atomic E-state index is 12.2. The predicted molar refractivity (Wildman–Crippen MR) is 106 cm³/mol. The molecule has 1 rings (SSSR count). The van der Waals surface area contributed by atoms with Crippen molar-refractivity contribution in [2.75, 3.05) is 7.11 Å². The van der Waals surface area contributed by atoms with Crippen LogP contribution in [0.2, 0.25) is 18.1 Å². The molecule has 0 aromatic rings. The molecule has 0 unspecified atom stereocenters. The quantitative estimate of drug-likeness (QED) is 0.555. The summed E-state index contributed by atoms with van der Waals surface area (Å²) >= 11 is 0. The van der Waals surface area contributed by atoms with Gasteiger partial charge in [-0.15, -0.1) is 0 Å². The maximum absolute atomic E-state index is 12.2. The molecule has 1 amide bonds. The molecule has 0 fully saturated rings. The van der Waals surface area contributed by atoms with Crippen LogP contribution in [-0.2, 0) is 18.7 Å². The van der Waals surface area contributed by atoms with Crippen LogP contribution in [0, 0.1) is 0 Å². The second kappa shape index (κ2) is 8.32. The highest BCUT2D eigenvalue weighted by molar-refractivity contribution is 6.74. The van der Waals surface area contributed by atoms with Crippen LogP contribution in [0.5, 0.6) is 0 Å². The Hall–Kier alpha value is -1.38. The average molecular weight is 402 g/mol. The van der Waals surface area contributed by atoms with Crippen LogP contribution in [0.3, 0.4) is 0 Å². The van der Waals surface area contributed by atoms with Crippen LogP contribution < -0.4 is 5.32 Å². The average Bonchev–Trinajstić information content (AvgIpc) is 2.47. The molecule has 3 atom stereocenters. The first kappa shape index (κ1) is 23.7. The standard InChI is InChI=1S/C19H35NO6Si/c1-18(2,3)25-17(23)20-13-11-10-12(16(22)24-7)15(14(13)21)26-27(8,9)19(4,5)6/h10,13-15,21H,11H2,1-9H3,(H,20,23)/t13-,14+,15+/m1/s1. The molecule has 0 heterocycles. The lowest BCUT2D eigenvalue weighted by Crippen LogP contribution is -2.57. The van der Waals surface area contributed by atoms with Gasteiger partial charge in [-0.1, -0.05) is 26.8 Å². The van der Waals surface area contributed by atoms with Crippen molar-refractivity contribution in [1.29, 1.82) is 0 Å². The number of esters is 1. The van der Waals surface area contributed by atoms with E-state index in [1.54, 1.807) is 26.8 Å². The zero-order chi connectivity index (χ0) is 21.2. The molecule has 8 heteroatoms. The van der Waals surface area contributed by atoms with Crippen molar-refractivity contribution in [3.05, 3.63) is 11.6 Å². The molecule has 0 spiro atoms. The van der Waals surface area contributed by atoms with Crippen LogP contribution in [-0.4, -0.2) is 56.4 Å². The summed E-state index contributed by atoms with van der Waals surface area (Å²) in [5, 5.41) is 13.5. The number of rotatable bonds is 4. The van der Waals surface area contributed by atoms with Crippen LogP contribution in [0.15, 0.2) is 11.6 Å². The minimum Gasteiger partial charge on any atom is -0.466 e. The van der Waals surface area contributed by atoms with Gasteiger partial charge < -0.3 is 24.3 Å². The number of hydrogen-bond acceptors (Lipinski definition) is 6. The molecule has 1 aliphatic rings. The van der Waals surface area contributed by atoms with Gasteiger partial charge in [-0.05, 0) is 45.3 Å². The van der Waals surface area contributed by atoms with E-state index in [1.165, 1.54) is 7.11 Å². The van der Waals surface area contributed by atoms with Gasteiger partial charge in [0.2, 0.25) is 0 Å². The highest BCUT2D eigenvalue weighted by atomic mass is 28.4. The number of ether oxygens (including phenoxy) is 2. The summed E-state index contributed by atoms with van der Waals surface area (Å²) in [4.78, 5) is 24.3. The van der Waals surface area contributed by atoms with Gasteiger partial charge in [-0.3, -0.25) is 0 Å². The van der Waals surface area contributed by atoms with E-state index >= 15 is 0 Å². The van der Waals surface area contributed by atoms with Crippen molar-refractivity contribution < 1.29 is 28.6 Å². The van der Waals surface area contributed by atoms with Crippen LogP contribution in [0.4, 0.5) is 4.79 Å². The van der Waals surface area contributed by atoms with Gasteiger partial charge in [0.05, 0.1) is 18.7 Å². The Balaban J connectivity index is 3.08. The fourth-order valence-electron chi connectivity index (χ4n) is 2.45. The molecule has 0 saturated heterocycles. The summed E-state index contributed by atoms with van der Waals surface area (Å²) in [6.45, 7) is 15.6. The zero-order valence-corrected chi connectivity index (χ0v) is 19.0. The largest absolute Gasteiger partial charge is 0.466 e. The van der Waals surface area contributed by atoms with Gasteiger partial charge in [0.1, 0.15) is 17.8 Å². The second-order valence-corrected chi connectivity index (χ2v) is 14.2. The van der Waals surface area contributed by atoms with E-state index in [9.17, 15) is 14.7 Å². The first-order valence-corrected chi connectivity index (χ1v) is 12.1. The number of aliphatic hydroxyl groups is 1. The summed E-state index contributed by atoms with van der Waals surface area (Å²) < 4.78 is 16.5. The Bertz CT molecular complexity index is 588. The second-order valence-electron chi connectivity index (χ2n) is 9.43. The SMILES string of the molecule is COC(=O)C1=CC[C@@H](NC(=O)OC(C)(C)C)[C@H](O)[C@H]1O[Si](C)(C)C(C)(C)C. The molecule has 2 N–H and O–H groups in total. The van der Waals surface area contributed by atoms with Gasteiger partial charge in [0, 0.05) is 0 Å². The van der Waals surface area contributed by atoms with Crippen molar-refractivity contribution in [2.24, 2.45) is 0 Å². The number of methoxy groups -OCH3 is 1. The minimum atomic E-state index is -2.29. The fourth-order valence-corrected chi connectivity index (χ4v) is 3.71. The van der Waals surface area contributed by atoms with E-state index < -0.39 is 44.2 Å². The molecule has 0 aromatic carbocycles. The van der Waals surface area contributed by atoms with E-state index in [2.05, 4.69) is 26.1 Å². The Morgan fingerprint density at radius 2 is 1.74 bits per heavy atom. The summed E-state index contributed by atoms with van der Waals surface area (Å²) in [7, 11) is -0.999. The van der Waals surface area contributed by atoms with Gasteiger partial charge in [0.25, 0.3) is 0 Å². The van der Waals surface area contributed by atoms with Gasteiger partial charge in [-0.25, -0.2) is 9.59 Å². The molecule has 0 bridgehead atoms. The molecule has 0 aromatic heterocycles. The zero-order valence-electron chi connectivity index (χ0n) is 18.0. The van der Waals surface area contributed by atoms with Crippen LogP contribution in [0.1, 0.15) is 48.0 Å². The monoisotopic (exact) mass is 401 g/mol. The lowest BCUT2D eigenvalue weighted by atomic mass is 9.89. The van der Waals surface area contributed by atoms with Crippen LogP contribution >= 0.6 is 0 Å².